The van der Waals surface area contributed by atoms with Crippen LogP contribution in [0.5, 0.6) is 0 Å². The number of rotatable bonds is 6. The highest BCUT2D eigenvalue weighted by molar-refractivity contribution is 7.92. The first-order valence-electron chi connectivity index (χ1n) is 9.60. The summed E-state index contributed by atoms with van der Waals surface area (Å²) in [6.07, 6.45) is 6.00. The molecule has 0 atom stereocenters. The Morgan fingerprint density at radius 3 is 2.25 bits per heavy atom. The van der Waals surface area contributed by atoms with E-state index in [0.717, 1.165) is 50.2 Å². The molecule has 0 saturated heterocycles. The summed E-state index contributed by atoms with van der Waals surface area (Å²) in [5, 5.41) is 3.17. The van der Waals surface area contributed by atoms with E-state index in [1.54, 1.807) is 24.3 Å². The van der Waals surface area contributed by atoms with Crippen LogP contribution in [0, 0.1) is 5.82 Å². The predicted octanol–water partition coefficient (Wildman–Crippen LogP) is 3.72. The summed E-state index contributed by atoms with van der Waals surface area (Å²) >= 11 is 0. The first kappa shape index (κ1) is 18.9. The minimum Gasteiger partial charge on any atom is -0.353 e. The number of amides is 1. The van der Waals surface area contributed by atoms with E-state index in [1.165, 1.54) is 18.2 Å². The van der Waals surface area contributed by atoms with Crippen molar-refractivity contribution in [3.8, 4) is 0 Å². The maximum absolute atomic E-state index is 13.8. The van der Waals surface area contributed by atoms with Crippen molar-refractivity contribution < 1.29 is 17.6 Å². The SMILES string of the molecule is O=C(NC1CCCC1)C1(c2ccc(NS(=O)(=O)c3ccccc3F)cc2)CC1. The number of carbonyl (C=O) groups is 1. The Morgan fingerprint density at radius 1 is 1.00 bits per heavy atom. The fourth-order valence-corrected chi connectivity index (χ4v) is 5.03. The third kappa shape index (κ3) is 3.63. The van der Waals surface area contributed by atoms with E-state index in [1.807, 2.05) is 0 Å². The van der Waals surface area contributed by atoms with Gasteiger partial charge in [-0.2, -0.15) is 0 Å². The Kier molecular flexibility index (Phi) is 4.87. The van der Waals surface area contributed by atoms with Crippen molar-refractivity contribution in [2.24, 2.45) is 0 Å². The molecule has 1 amide bonds. The highest BCUT2D eigenvalue weighted by atomic mass is 32.2. The van der Waals surface area contributed by atoms with E-state index < -0.39 is 26.2 Å². The quantitative estimate of drug-likeness (QED) is 0.773. The molecule has 2 aliphatic rings. The summed E-state index contributed by atoms with van der Waals surface area (Å²) in [5.74, 6) is -0.730. The van der Waals surface area contributed by atoms with Gasteiger partial charge in [0.25, 0.3) is 10.0 Å². The maximum Gasteiger partial charge on any atom is 0.264 e. The Bertz CT molecular complexity index is 979. The molecular formula is C21H23FN2O3S. The van der Waals surface area contributed by atoms with E-state index in [4.69, 9.17) is 0 Å². The van der Waals surface area contributed by atoms with Crippen molar-refractivity contribution in [1.82, 2.24) is 5.32 Å². The number of sulfonamides is 1. The molecule has 2 fully saturated rings. The zero-order valence-electron chi connectivity index (χ0n) is 15.4. The summed E-state index contributed by atoms with van der Waals surface area (Å²) in [4.78, 5) is 12.4. The van der Waals surface area contributed by atoms with E-state index in [0.29, 0.717) is 5.69 Å². The van der Waals surface area contributed by atoms with E-state index in [2.05, 4.69) is 10.0 Å². The van der Waals surface area contributed by atoms with E-state index >= 15 is 0 Å². The molecule has 28 heavy (non-hydrogen) atoms. The summed E-state index contributed by atoms with van der Waals surface area (Å²) in [6.45, 7) is 0. The van der Waals surface area contributed by atoms with Crippen LogP contribution in [0.15, 0.2) is 53.4 Å². The van der Waals surface area contributed by atoms with Crippen LogP contribution in [0.2, 0.25) is 0 Å². The van der Waals surface area contributed by atoms with Crippen LogP contribution in [0.3, 0.4) is 0 Å². The lowest BCUT2D eigenvalue weighted by atomic mass is 9.94. The smallest absolute Gasteiger partial charge is 0.264 e. The molecule has 0 aromatic heterocycles. The van der Waals surface area contributed by atoms with Gasteiger partial charge in [0.2, 0.25) is 5.91 Å². The van der Waals surface area contributed by atoms with Crippen molar-refractivity contribution in [3.63, 3.8) is 0 Å². The van der Waals surface area contributed by atoms with Gasteiger partial charge in [-0.1, -0.05) is 37.1 Å². The second-order valence-electron chi connectivity index (χ2n) is 7.65. The highest BCUT2D eigenvalue weighted by Gasteiger charge is 2.51. The maximum atomic E-state index is 13.8. The van der Waals surface area contributed by atoms with Gasteiger partial charge in [0, 0.05) is 11.7 Å². The van der Waals surface area contributed by atoms with Gasteiger partial charge in [0.05, 0.1) is 5.41 Å². The predicted molar refractivity (Wildman–Crippen MR) is 105 cm³/mol. The number of carbonyl (C=O) groups excluding carboxylic acids is 1. The zero-order chi connectivity index (χ0) is 19.8. The van der Waals surface area contributed by atoms with Crippen LogP contribution in [-0.2, 0) is 20.2 Å². The molecule has 2 aromatic carbocycles. The molecule has 2 N–H and O–H groups in total. The van der Waals surface area contributed by atoms with Crippen LogP contribution in [0.4, 0.5) is 10.1 Å². The molecule has 0 aliphatic heterocycles. The molecule has 0 radical (unpaired) electrons. The molecule has 0 unspecified atom stereocenters. The minimum absolute atomic E-state index is 0.0686. The summed E-state index contributed by atoms with van der Waals surface area (Å²) in [6, 6.07) is 12.3. The molecule has 0 spiro atoms. The summed E-state index contributed by atoms with van der Waals surface area (Å²) < 4.78 is 41.0. The highest BCUT2D eigenvalue weighted by Crippen LogP contribution is 2.49. The summed E-state index contributed by atoms with van der Waals surface area (Å²) in [7, 11) is -4.01. The fraction of sp³-hybridized carbons (Fsp3) is 0.381. The molecule has 0 heterocycles. The molecule has 2 saturated carbocycles. The van der Waals surface area contributed by atoms with Gasteiger partial charge in [-0.05, 0) is 55.5 Å². The van der Waals surface area contributed by atoms with Gasteiger partial charge in [-0.25, -0.2) is 12.8 Å². The van der Waals surface area contributed by atoms with E-state index in [-0.39, 0.29) is 11.9 Å². The fourth-order valence-electron chi connectivity index (χ4n) is 3.90. The van der Waals surface area contributed by atoms with Crippen molar-refractivity contribution in [3.05, 3.63) is 59.9 Å². The average Bonchev–Trinajstić information content (AvgIpc) is 3.33. The third-order valence-corrected chi connectivity index (χ3v) is 7.11. The van der Waals surface area contributed by atoms with Gasteiger partial charge in [-0.15, -0.1) is 0 Å². The molecule has 2 aliphatic carbocycles. The normalized spacial score (nSPS) is 18.6. The number of nitrogens with one attached hydrogen (secondary N) is 2. The lowest BCUT2D eigenvalue weighted by Gasteiger charge is -2.20. The second-order valence-corrected chi connectivity index (χ2v) is 9.30. The van der Waals surface area contributed by atoms with Crippen molar-refractivity contribution in [1.29, 1.82) is 0 Å². The van der Waals surface area contributed by atoms with E-state index in [9.17, 15) is 17.6 Å². The monoisotopic (exact) mass is 402 g/mol. The Hall–Kier alpha value is -2.41. The summed E-state index contributed by atoms with van der Waals surface area (Å²) in [5.41, 5.74) is 0.724. The van der Waals surface area contributed by atoms with Gasteiger partial charge < -0.3 is 5.32 Å². The Balaban J connectivity index is 1.48. The number of benzene rings is 2. The van der Waals surface area contributed by atoms with Gasteiger partial charge in [0.15, 0.2) is 0 Å². The molecule has 2 aromatic rings. The van der Waals surface area contributed by atoms with Crippen LogP contribution in [-0.4, -0.2) is 20.4 Å². The van der Waals surface area contributed by atoms with Crippen molar-refractivity contribution >= 4 is 21.6 Å². The van der Waals surface area contributed by atoms with Crippen molar-refractivity contribution in [2.45, 2.75) is 54.9 Å². The van der Waals surface area contributed by atoms with Crippen LogP contribution < -0.4 is 10.0 Å². The average molecular weight is 402 g/mol. The van der Waals surface area contributed by atoms with Gasteiger partial charge >= 0.3 is 0 Å². The molecule has 148 valence electrons. The molecule has 0 bridgehead atoms. The molecule has 5 nitrogen and oxygen atoms in total. The first-order chi connectivity index (χ1) is 13.4. The number of halogens is 1. The largest absolute Gasteiger partial charge is 0.353 e. The van der Waals surface area contributed by atoms with Crippen LogP contribution in [0.25, 0.3) is 0 Å². The lowest BCUT2D eigenvalue weighted by molar-refractivity contribution is -0.124. The number of hydrogen-bond acceptors (Lipinski definition) is 3. The molecule has 7 heteroatoms. The van der Waals surface area contributed by atoms with Crippen LogP contribution >= 0.6 is 0 Å². The molecular weight excluding hydrogens is 379 g/mol. The third-order valence-electron chi connectivity index (χ3n) is 5.69. The van der Waals surface area contributed by atoms with Gasteiger partial charge in [-0.3, -0.25) is 9.52 Å². The Labute approximate surface area is 164 Å². The van der Waals surface area contributed by atoms with Gasteiger partial charge in [0.1, 0.15) is 10.7 Å². The van der Waals surface area contributed by atoms with Crippen molar-refractivity contribution in [2.75, 3.05) is 4.72 Å². The minimum atomic E-state index is -4.01. The zero-order valence-corrected chi connectivity index (χ0v) is 16.3. The lowest BCUT2D eigenvalue weighted by Crippen LogP contribution is -2.40. The van der Waals surface area contributed by atoms with Crippen LogP contribution in [0.1, 0.15) is 44.1 Å². The number of hydrogen-bond donors (Lipinski definition) is 2. The second kappa shape index (κ2) is 7.20. The standard InChI is InChI=1S/C21H23FN2O3S/c22-18-7-3-4-8-19(18)28(26,27)24-17-11-9-15(10-12-17)21(13-14-21)20(25)23-16-5-1-2-6-16/h3-4,7-12,16,24H,1-2,5-6,13-14H2,(H,23,25). The molecule has 4 rings (SSSR count). The number of anilines is 1. The Morgan fingerprint density at radius 2 is 1.64 bits per heavy atom. The topological polar surface area (TPSA) is 75.3 Å². The first-order valence-corrected chi connectivity index (χ1v) is 11.1.